The van der Waals surface area contributed by atoms with Gasteiger partial charge < -0.3 is 26.2 Å². The van der Waals surface area contributed by atoms with Gasteiger partial charge in [-0.05, 0) is 13.8 Å². The molecule has 6 N–H and O–H groups in total. The summed E-state index contributed by atoms with van der Waals surface area (Å²) in [6.45, 7) is 2.88. The Bertz CT molecular complexity index is 268. The van der Waals surface area contributed by atoms with Crippen LogP contribution >= 0.6 is 0 Å². The number of hydrogen-bond donors (Lipinski definition) is 5. The zero-order chi connectivity index (χ0) is 13.5. The standard InChI is InChI=1S/C4H9NO2.C4H6O5/c1-4(2,5)3(6)7;5-2(4(8)9)1-3(6)7/h5H2,1-2H3,(H,6,7);2,5H,1H2,(H,6,7)(H,8,9). The van der Waals surface area contributed by atoms with Crippen molar-refractivity contribution in [3.63, 3.8) is 0 Å². The van der Waals surface area contributed by atoms with E-state index in [0.29, 0.717) is 0 Å². The Morgan fingerprint density at radius 2 is 1.50 bits per heavy atom. The molecule has 0 aromatic carbocycles. The van der Waals surface area contributed by atoms with Gasteiger partial charge in [0.15, 0.2) is 6.10 Å². The summed E-state index contributed by atoms with van der Waals surface area (Å²) in [6.07, 6.45) is -2.54. The fourth-order valence-corrected chi connectivity index (χ4v) is 0.253. The maximum Gasteiger partial charge on any atom is 0.333 e. The molecular formula is C8H15NO7. The normalized spacial score (nSPS) is 12.0. The first-order valence-corrected chi connectivity index (χ1v) is 4.13. The summed E-state index contributed by atoms with van der Waals surface area (Å²) in [5, 5.41) is 32.3. The Hall–Kier alpha value is -1.67. The highest BCUT2D eigenvalue weighted by molar-refractivity contribution is 5.79. The van der Waals surface area contributed by atoms with Crippen molar-refractivity contribution in [2.24, 2.45) is 5.73 Å². The van der Waals surface area contributed by atoms with Crippen LogP contribution in [-0.4, -0.2) is 50.0 Å². The van der Waals surface area contributed by atoms with E-state index in [1.165, 1.54) is 13.8 Å². The topological polar surface area (TPSA) is 158 Å². The molecule has 0 radical (unpaired) electrons. The number of carboxylic acid groups (broad SMARTS) is 3. The highest BCUT2D eigenvalue weighted by Crippen LogP contribution is 1.93. The largest absolute Gasteiger partial charge is 0.481 e. The summed E-state index contributed by atoms with van der Waals surface area (Å²) in [7, 11) is 0. The van der Waals surface area contributed by atoms with E-state index in [4.69, 9.17) is 26.2 Å². The van der Waals surface area contributed by atoms with Crippen molar-refractivity contribution in [1.29, 1.82) is 0 Å². The number of aliphatic hydroxyl groups excluding tert-OH is 1. The van der Waals surface area contributed by atoms with Crippen LogP contribution in [0.25, 0.3) is 0 Å². The lowest BCUT2D eigenvalue weighted by molar-refractivity contribution is -0.152. The van der Waals surface area contributed by atoms with Gasteiger partial charge in [0.2, 0.25) is 0 Å². The van der Waals surface area contributed by atoms with E-state index in [0.717, 1.165) is 0 Å². The van der Waals surface area contributed by atoms with Gasteiger partial charge in [-0.1, -0.05) is 0 Å². The van der Waals surface area contributed by atoms with E-state index >= 15 is 0 Å². The van der Waals surface area contributed by atoms with Gasteiger partial charge in [-0.25, -0.2) is 4.79 Å². The van der Waals surface area contributed by atoms with E-state index in [1.807, 2.05) is 0 Å². The van der Waals surface area contributed by atoms with Gasteiger partial charge in [0.1, 0.15) is 5.54 Å². The van der Waals surface area contributed by atoms with Crippen molar-refractivity contribution in [2.45, 2.75) is 31.9 Å². The van der Waals surface area contributed by atoms with E-state index in [-0.39, 0.29) is 0 Å². The molecule has 0 heterocycles. The van der Waals surface area contributed by atoms with Crippen molar-refractivity contribution >= 4 is 17.9 Å². The Morgan fingerprint density at radius 3 is 1.56 bits per heavy atom. The third kappa shape index (κ3) is 10.4. The van der Waals surface area contributed by atoms with Crippen LogP contribution in [0, 0.1) is 0 Å². The van der Waals surface area contributed by atoms with Crippen molar-refractivity contribution in [3.05, 3.63) is 0 Å². The molecule has 0 aliphatic heterocycles. The molecule has 16 heavy (non-hydrogen) atoms. The van der Waals surface area contributed by atoms with Crippen LogP contribution in [0.15, 0.2) is 0 Å². The Balaban J connectivity index is 0. The van der Waals surface area contributed by atoms with Crippen molar-refractivity contribution in [3.8, 4) is 0 Å². The Labute approximate surface area is 91.3 Å². The fourth-order valence-electron chi connectivity index (χ4n) is 0.253. The highest BCUT2D eigenvalue weighted by Gasteiger charge is 2.19. The molecule has 0 aromatic rings. The minimum atomic E-state index is -1.79. The predicted molar refractivity (Wildman–Crippen MR) is 51.8 cm³/mol. The minimum Gasteiger partial charge on any atom is -0.481 e. The van der Waals surface area contributed by atoms with Gasteiger partial charge in [0, 0.05) is 0 Å². The highest BCUT2D eigenvalue weighted by atomic mass is 16.4. The van der Waals surface area contributed by atoms with Gasteiger partial charge in [-0.15, -0.1) is 0 Å². The van der Waals surface area contributed by atoms with Gasteiger partial charge in [-0.2, -0.15) is 0 Å². The number of aliphatic carboxylic acids is 3. The lowest BCUT2D eigenvalue weighted by atomic mass is 10.1. The Morgan fingerprint density at radius 1 is 1.19 bits per heavy atom. The van der Waals surface area contributed by atoms with E-state index in [2.05, 4.69) is 0 Å². The van der Waals surface area contributed by atoms with Crippen LogP contribution in [0.4, 0.5) is 0 Å². The molecule has 0 fully saturated rings. The van der Waals surface area contributed by atoms with E-state index in [1.54, 1.807) is 0 Å². The maximum absolute atomic E-state index is 9.90. The smallest absolute Gasteiger partial charge is 0.333 e. The van der Waals surface area contributed by atoms with Crippen molar-refractivity contribution in [2.75, 3.05) is 0 Å². The monoisotopic (exact) mass is 237 g/mol. The van der Waals surface area contributed by atoms with Gasteiger partial charge in [0.25, 0.3) is 0 Å². The fraction of sp³-hybridized carbons (Fsp3) is 0.625. The lowest BCUT2D eigenvalue weighted by Gasteiger charge is -2.09. The first-order valence-electron chi connectivity index (χ1n) is 4.13. The molecule has 0 rings (SSSR count). The lowest BCUT2D eigenvalue weighted by Crippen LogP contribution is -2.41. The Kier molecular flexibility index (Phi) is 7.06. The molecule has 0 amide bonds. The second kappa shape index (κ2) is 6.75. The number of hydrogen-bond acceptors (Lipinski definition) is 5. The quantitative estimate of drug-likeness (QED) is 0.404. The summed E-state index contributed by atoms with van der Waals surface area (Å²) >= 11 is 0. The molecule has 94 valence electrons. The molecule has 0 spiro atoms. The molecule has 0 saturated carbocycles. The van der Waals surface area contributed by atoms with Crippen LogP contribution in [0.2, 0.25) is 0 Å². The number of nitrogens with two attached hydrogens (primary N) is 1. The van der Waals surface area contributed by atoms with Crippen LogP contribution in [-0.2, 0) is 14.4 Å². The summed E-state index contributed by atoms with van der Waals surface area (Å²) in [4.78, 5) is 29.3. The first-order chi connectivity index (χ1) is 6.98. The molecule has 0 aliphatic rings. The van der Waals surface area contributed by atoms with Crippen LogP contribution in [0.1, 0.15) is 20.3 Å². The number of aliphatic hydroxyl groups is 1. The summed E-state index contributed by atoms with van der Waals surface area (Å²) in [5.74, 6) is -3.82. The van der Waals surface area contributed by atoms with Crippen LogP contribution in [0.5, 0.6) is 0 Å². The van der Waals surface area contributed by atoms with Crippen LogP contribution in [0.3, 0.4) is 0 Å². The van der Waals surface area contributed by atoms with E-state index < -0.39 is 36.0 Å². The molecule has 0 saturated heterocycles. The van der Waals surface area contributed by atoms with Gasteiger partial charge in [0.05, 0.1) is 6.42 Å². The third-order valence-electron chi connectivity index (χ3n) is 1.20. The molecular weight excluding hydrogens is 222 g/mol. The summed E-state index contributed by atoms with van der Waals surface area (Å²) in [5.41, 5.74) is 4.00. The number of rotatable bonds is 4. The average molecular weight is 237 g/mol. The third-order valence-corrected chi connectivity index (χ3v) is 1.20. The molecule has 0 aliphatic carbocycles. The minimum absolute atomic E-state index is 0.755. The molecule has 8 heteroatoms. The molecule has 0 aromatic heterocycles. The van der Waals surface area contributed by atoms with Gasteiger partial charge >= 0.3 is 17.9 Å². The number of carbonyl (C=O) groups is 3. The SMILES string of the molecule is CC(C)(N)C(=O)O.O=C(O)CC(O)C(=O)O. The molecule has 8 nitrogen and oxygen atoms in total. The molecule has 1 atom stereocenters. The zero-order valence-electron chi connectivity index (χ0n) is 8.88. The van der Waals surface area contributed by atoms with Gasteiger partial charge in [-0.3, -0.25) is 9.59 Å². The summed E-state index contributed by atoms with van der Waals surface area (Å²) in [6, 6.07) is 0. The molecule has 0 bridgehead atoms. The average Bonchev–Trinajstić information content (AvgIpc) is 2.01. The van der Waals surface area contributed by atoms with Crippen molar-refractivity contribution < 1.29 is 34.8 Å². The second-order valence-corrected chi connectivity index (χ2v) is 3.48. The zero-order valence-corrected chi connectivity index (χ0v) is 8.88. The second-order valence-electron chi connectivity index (χ2n) is 3.48. The number of carboxylic acids is 3. The predicted octanol–water partition coefficient (Wildman–Crippen LogP) is -1.29. The van der Waals surface area contributed by atoms with E-state index in [9.17, 15) is 14.4 Å². The molecule has 1 unspecified atom stereocenters. The first kappa shape index (κ1) is 16.7. The maximum atomic E-state index is 9.90. The van der Waals surface area contributed by atoms with Crippen LogP contribution < -0.4 is 5.73 Å². The van der Waals surface area contributed by atoms with Crippen molar-refractivity contribution in [1.82, 2.24) is 0 Å². The summed E-state index contributed by atoms with van der Waals surface area (Å²) < 4.78 is 0.